The average molecular weight is 382 g/mol. The molecule has 0 saturated heterocycles. The van der Waals surface area contributed by atoms with Crippen molar-refractivity contribution in [2.45, 2.75) is 26.1 Å². The molecule has 0 fully saturated rings. The van der Waals surface area contributed by atoms with Crippen molar-refractivity contribution in [3.05, 3.63) is 69.2 Å². The molecule has 2 N–H and O–H groups in total. The number of amides is 1. The largest absolute Gasteiger partial charge is 0.496 e. The van der Waals surface area contributed by atoms with Crippen molar-refractivity contribution in [2.24, 2.45) is 0 Å². The zero-order chi connectivity index (χ0) is 18.6. The maximum Gasteiger partial charge on any atom is 0.275 e. The first-order chi connectivity index (χ1) is 13.3. The Kier molecular flexibility index (Phi) is 5.22. The number of methoxy groups -OCH3 is 1. The first-order valence-corrected chi connectivity index (χ1v) is 9.84. The summed E-state index contributed by atoms with van der Waals surface area (Å²) in [6.07, 6.45) is 0.868. The maximum atomic E-state index is 13.4. The van der Waals surface area contributed by atoms with Gasteiger partial charge < -0.3 is 15.0 Å². The van der Waals surface area contributed by atoms with E-state index in [2.05, 4.69) is 21.6 Å². The van der Waals surface area contributed by atoms with Crippen molar-refractivity contribution in [3.63, 3.8) is 0 Å². The Morgan fingerprint density at radius 1 is 1.26 bits per heavy atom. The van der Waals surface area contributed by atoms with Gasteiger partial charge in [0.05, 0.1) is 20.2 Å². The van der Waals surface area contributed by atoms with Gasteiger partial charge in [-0.15, -0.1) is 11.3 Å². The van der Waals surface area contributed by atoms with Crippen molar-refractivity contribution in [3.8, 4) is 5.75 Å². The van der Waals surface area contributed by atoms with Crippen LogP contribution >= 0.6 is 11.3 Å². The molecule has 1 aromatic carbocycles. The number of fused-ring (bicyclic) bond motifs is 1. The highest BCUT2D eigenvalue weighted by atomic mass is 32.1. The van der Waals surface area contributed by atoms with Crippen molar-refractivity contribution >= 4 is 17.2 Å². The quantitative estimate of drug-likeness (QED) is 0.688. The van der Waals surface area contributed by atoms with Crippen LogP contribution in [0.4, 0.5) is 0 Å². The van der Waals surface area contributed by atoms with Gasteiger partial charge in [0.15, 0.2) is 5.69 Å². The van der Waals surface area contributed by atoms with Crippen LogP contribution in [0.5, 0.6) is 5.75 Å². The molecule has 0 unspecified atom stereocenters. The second kappa shape index (κ2) is 7.94. The minimum atomic E-state index is -0.0597. The smallest absolute Gasteiger partial charge is 0.275 e. The Balaban J connectivity index is 1.65. The van der Waals surface area contributed by atoms with Gasteiger partial charge in [-0.3, -0.25) is 9.89 Å². The first-order valence-electron chi connectivity index (χ1n) is 8.96. The van der Waals surface area contributed by atoms with Crippen molar-refractivity contribution in [2.75, 3.05) is 13.7 Å². The molecule has 7 heteroatoms. The summed E-state index contributed by atoms with van der Waals surface area (Å²) in [6, 6.07) is 11.9. The summed E-state index contributed by atoms with van der Waals surface area (Å²) in [5, 5.41) is 12.8. The number of nitrogens with zero attached hydrogens (tertiary/aromatic N) is 2. The van der Waals surface area contributed by atoms with E-state index in [1.54, 1.807) is 18.4 Å². The topological polar surface area (TPSA) is 70.2 Å². The number of nitrogens with one attached hydrogen (secondary N) is 2. The number of aromatic nitrogens is 2. The number of hydrogen-bond acceptors (Lipinski definition) is 5. The van der Waals surface area contributed by atoms with Gasteiger partial charge >= 0.3 is 0 Å². The molecular formula is C20H22N4O2S. The lowest BCUT2D eigenvalue weighted by molar-refractivity contribution is 0.0723. The van der Waals surface area contributed by atoms with Gasteiger partial charge in [-0.2, -0.15) is 5.10 Å². The van der Waals surface area contributed by atoms with E-state index in [0.717, 1.165) is 40.4 Å². The number of para-hydroxylation sites is 1. The van der Waals surface area contributed by atoms with Gasteiger partial charge in [0, 0.05) is 41.2 Å². The molecule has 4 rings (SSSR count). The number of hydrogen-bond donors (Lipinski definition) is 2. The van der Waals surface area contributed by atoms with E-state index < -0.39 is 0 Å². The average Bonchev–Trinajstić information content (AvgIpc) is 3.37. The zero-order valence-electron chi connectivity index (χ0n) is 15.2. The molecule has 27 heavy (non-hydrogen) atoms. The van der Waals surface area contributed by atoms with Gasteiger partial charge in [0.25, 0.3) is 5.91 Å². The van der Waals surface area contributed by atoms with Crippen LogP contribution in [0.2, 0.25) is 0 Å². The summed E-state index contributed by atoms with van der Waals surface area (Å²) in [7, 11) is 1.65. The highest BCUT2D eigenvalue weighted by Crippen LogP contribution is 2.24. The number of carbonyl (C=O) groups excluding carboxylic acids is 1. The number of carbonyl (C=O) groups is 1. The molecule has 3 heterocycles. The standard InChI is InChI=1S/C20H22N4O2S/c1-26-18-7-3-2-5-14(18)12-24(13-15-6-4-10-27-15)20(25)19-16-11-21-9-8-17(16)22-23-19/h2-7,10,21H,8-9,11-13H2,1H3,(H,22,23). The van der Waals surface area contributed by atoms with E-state index in [0.29, 0.717) is 25.3 Å². The summed E-state index contributed by atoms with van der Waals surface area (Å²) in [6.45, 7) is 2.59. The summed E-state index contributed by atoms with van der Waals surface area (Å²) >= 11 is 1.65. The number of ether oxygens (including phenoxy) is 1. The Hall–Kier alpha value is -2.64. The molecule has 1 aliphatic rings. The second-order valence-corrected chi connectivity index (χ2v) is 7.54. The number of benzene rings is 1. The van der Waals surface area contributed by atoms with E-state index in [1.165, 1.54) is 0 Å². The lowest BCUT2D eigenvalue weighted by atomic mass is 10.1. The normalized spacial score (nSPS) is 13.2. The Morgan fingerprint density at radius 3 is 2.96 bits per heavy atom. The highest BCUT2D eigenvalue weighted by molar-refractivity contribution is 7.09. The fraction of sp³-hybridized carbons (Fsp3) is 0.300. The van der Waals surface area contributed by atoms with E-state index in [4.69, 9.17) is 4.74 Å². The molecule has 0 atom stereocenters. The molecule has 0 bridgehead atoms. The van der Waals surface area contributed by atoms with Crippen LogP contribution in [-0.4, -0.2) is 34.7 Å². The lowest BCUT2D eigenvalue weighted by Gasteiger charge is -2.23. The Labute approximate surface area is 162 Å². The van der Waals surface area contributed by atoms with Crippen molar-refractivity contribution < 1.29 is 9.53 Å². The van der Waals surface area contributed by atoms with Crippen LogP contribution < -0.4 is 10.1 Å². The van der Waals surface area contributed by atoms with E-state index in [1.807, 2.05) is 40.6 Å². The van der Waals surface area contributed by atoms with E-state index in [-0.39, 0.29) is 5.91 Å². The third-order valence-electron chi connectivity index (χ3n) is 4.78. The van der Waals surface area contributed by atoms with Crippen molar-refractivity contribution in [1.29, 1.82) is 0 Å². The van der Waals surface area contributed by atoms with Crippen LogP contribution in [0, 0.1) is 0 Å². The van der Waals surface area contributed by atoms with E-state index >= 15 is 0 Å². The number of rotatable bonds is 6. The fourth-order valence-electron chi connectivity index (χ4n) is 3.38. The zero-order valence-corrected chi connectivity index (χ0v) is 16.0. The molecule has 1 aliphatic heterocycles. The third kappa shape index (κ3) is 3.74. The fourth-order valence-corrected chi connectivity index (χ4v) is 4.10. The molecular weight excluding hydrogens is 360 g/mol. The summed E-state index contributed by atoms with van der Waals surface area (Å²) in [5.41, 5.74) is 3.55. The molecule has 0 radical (unpaired) electrons. The summed E-state index contributed by atoms with van der Waals surface area (Å²) in [5.74, 6) is 0.725. The van der Waals surface area contributed by atoms with Crippen molar-refractivity contribution in [1.82, 2.24) is 20.4 Å². The number of H-pyrrole nitrogens is 1. The van der Waals surface area contributed by atoms with Gasteiger partial charge in [0.2, 0.25) is 0 Å². The lowest BCUT2D eigenvalue weighted by Crippen LogP contribution is -2.32. The highest BCUT2D eigenvalue weighted by Gasteiger charge is 2.26. The second-order valence-electron chi connectivity index (χ2n) is 6.51. The summed E-state index contributed by atoms with van der Waals surface area (Å²) in [4.78, 5) is 16.4. The van der Waals surface area contributed by atoms with Crippen LogP contribution in [-0.2, 0) is 26.1 Å². The predicted molar refractivity (Wildman–Crippen MR) is 105 cm³/mol. The molecule has 0 aliphatic carbocycles. The number of aromatic amines is 1. The minimum Gasteiger partial charge on any atom is -0.496 e. The Morgan fingerprint density at radius 2 is 2.15 bits per heavy atom. The van der Waals surface area contributed by atoms with E-state index in [9.17, 15) is 4.79 Å². The molecule has 6 nitrogen and oxygen atoms in total. The van der Waals surface area contributed by atoms with Gasteiger partial charge in [0.1, 0.15) is 5.75 Å². The van der Waals surface area contributed by atoms with Crippen LogP contribution in [0.1, 0.15) is 32.2 Å². The monoisotopic (exact) mass is 382 g/mol. The molecule has 2 aromatic heterocycles. The van der Waals surface area contributed by atoms with Crippen LogP contribution in [0.3, 0.4) is 0 Å². The molecule has 0 saturated carbocycles. The Bertz CT molecular complexity index is 920. The van der Waals surface area contributed by atoms with Crippen LogP contribution in [0.15, 0.2) is 41.8 Å². The SMILES string of the molecule is COc1ccccc1CN(Cc1cccs1)C(=O)c1n[nH]c2c1CNCC2. The predicted octanol–water partition coefficient (Wildman–Crippen LogP) is 2.97. The summed E-state index contributed by atoms with van der Waals surface area (Å²) < 4.78 is 5.48. The maximum absolute atomic E-state index is 13.4. The molecule has 140 valence electrons. The van der Waals surface area contributed by atoms with Gasteiger partial charge in [-0.05, 0) is 17.5 Å². The molecule has 3 aromatic rings. The first kappa shape index (κ1) is 17.8. The molecule has 1 amide bonds. The minimum absolute atomic E-state index is 0.0597. The van der Waals surface area contributed by atoms with Gasteiger partial charge in [-0.1, -0.05) is 24.3 Å². The third-order valence-corrected chi connectivity index (χ3v) is 5.64. The van der Waals surface area contributed by atoms with Gasteiger partial charge in [-0.25, -0.2) is 0 Å². The molecule has 0 spiro atoms. The number of thiophene rings is 1. The van der Waals surface area contributed by atoms with Crippen LogP contribution in [0.25, 0.3) is 0 Å².